The van der Waals surface area contributed by atoms with E-state index in [1.165, 1.54) is 12.8 Å². The van der Waals surface area contributed by atoms with Crippen LogP contribution in [-0.2, 0) is 14.3 Å². The van der Waals surface area contributed by atoms with Crippen LogP contribution in [0.15, 0.2) is 12.2 Å². The summed E-state index contributed by atoms with van der Waals surface area (Å²) in [4.78, 5) is 11.2. The van der Waals surface area contributed by atoms with E-state index < -0.39 is 0 Å². The molecule has 0 aromatic heterocycles. The molecule has 2 atom stereocenters. The van der Waals surface area contributed by atoms with Crippen LogP contribution in [0.2, 0.25) is 0 Å². The van der Waals surface area contributed by atoms with Crippen LogP contribution in [0.5, 0.6) is 0 Å². The molecule has 0 saturated heterocycles. The van der Waals surface area contributed by atoms with Crippen LogP contribution in [0.25, 0.3) is 0 Å². The molecule has 1 aliphatic rings. The molecule has 0 aromatic carbocycles. The second kappa shape index (κ2) is 6.62. The lowest BCUT2D eigenvalue weighted by atomic mass is 10.2. The highest BCUT2D eigenvalue weighted by molar-refractivity contribution is 5.70. The molecule has 0 saturated carbocycles. The molecule has 0 fully saturated rings. The van der Waals surface area contributed by atoms with E-state index in [0.29, 0.717) is 13.0 Å². The molecule has 3 heteroatoms. The minimum absolute atomic E-state index is 0.0779. The van der Waals surface area contributed by atoms with E-state index in [1.807, 2.05) is 13.0 Å². The van der Waals surface area contributed by atoms with Crippen LogP contribution >= 0.6 is 0 Å². The van der Waals surface area contributed by atoms with Crippen molar-refractivity contribution in [2.75, 3.05) is 6.61 Å². The Bertz CT molecular complexity index is 223. The maximum absolute atomic E-state index is 11.2. The minimum atomic E-state index is -0.178. The van der Waals surface area contributed by atoms with Crippen LogP contribution in [0.3, 0.4) is 0 Å². The Kier molecular flexibility index (Phi) is 5.40. The van der Waals surface area contributed by atoms with Gasteiger partial charge in [0, 0.05) is 0 Å². The number of unbranched alkanes of at least 4 members (excludes halogenated alkanes) is 1. The van der Waals surface area contributed by atoms with Gasteiger partial charge in [-0.05, 0) is 13.3 Å². The first-order chi connectivity index (χ1) is 7.26. The van der Waals surface area contributed by atoms with Crippen molar-refractivity contribution in [1.29, 1.82) is 0 Å². The summed E-state index contributed by atoms with van der Waals surface area (Å²) in [6.45, 7) is 4.41. The van der Waals surface area contributed by atoms with Gasteiger partial charge in [0.25, 0.3) is 0 Å². The molecule has 15 heavy (non-hydrogen) atoms. The topological polar surface area (TPSA) is 35.5 Å². The summed E-state index contributed by atoms with van der Waals surface area (Å²) in [5.41, 5.74) is 0. The van der Waals surface area contributed by atoms with Crippen molar-refractivity contribution in [3.8, 4) is 0 Å². The summed E-state index contributed by atoms with van der Waals surface area (Å²) < 4.78 is 10.5. The Hall–Kier alpha value is -0.830. The van der Waals surface area contributed by atoms with Crippen molar-refractivity contribution < 1.29 is 14.3 Å². The Morgan fingerprint density at radius 3 is 2.73 bits per heavy atom. The highest BCUT2D eigenvalue weighted by atomic mass is 16.5. The number of carbonyl (C=O) groups is 1. The van der Waals surface area contributed by atoms with E-state index in [4.69, 9.17) is 9.47 Å². The Morgan fingerprint density at radius 1 is 1.33 bits per heavy atom. The van der Waals surface area contributed by atoms with Gasteiger partial charge in [0.1, 0.15) is 0 Å². The zero-order valence-corrected chi connectivity index (χ0v) is 9.57. The van der Waals surface area contributed by atoms with Crippen LogP contribution < -0.4 is 0 Å². The van der Waals surface area contributed by atoms with Crippen LogP contribution in [0.4, 0.5) is 0 Å². The lowest BCUT2D eigenvalue weighted by molar-refractivity contribution is -0.145. The largest absolute Gasteiger partial charge is 0.466 e. The molecule has 0 radical (unpaired) electrons. The van der Waals surface area contributed by atoms with E-state index in [-0.39, 0.29) is 18.2 Å². The van der Waals surface area contributed by atoms with Gasteiger partial charge in [0.2, 0.25) is 0 Å². The van der Waals surface area contributed by atoms with Crippen LogP contribution in [0, 0.1) is 0 Å². The van der Waals surface area contributed by atoms with Gasteiger partial charge < -0.3 is 9.47 Å². The monoisotopic (exact) mass is 212 g/mol. The first-order valence-corrected chi connectivity index (χ1v) is 5.75. The fourth-order valence-electron chi connectivity index (χ4n) is 1.63. The Labute approximate surface area is 91.4 Å². The zero-order chi connectivity index (χ0) is 11.1. The molecule has 1 aliphatic heterocycles. The maximum Gasteiger partial charge on any atom is 0.308 e. The quantitative estimate of drug-likeness (QED) is 0.501. The van der Waals surface area contributed by atoms with Crippen molar-refractivity contribution in [3.05, 3.63) is 12.2 Å². The number of hydrogen-bond donors (Lipinski definition) is 0. The summed E-state index contributed by atoms with van der Waals surface area (Å²) in [6, 6.07) is 0. The predicted octanol–water partition coefficient (Wildman–Crippen LogP) is 2.45. The average Bonchev–Trinajstić information content (AvgIpc) is 2.63. The van der Waals surface area contributed by atoms with Crippen molar-refractivity contribution in [3.63, 3.8) is 0 Å². The smallest absolute Gasteiger partial charge is 0.308 e. The van der Waals surface area contributed by atoms with E-state index >= 15 is 0 Å². The number of rotatable bonds is 6. The van der Waals surface area contributed by atoms with Gasteiger partial charge >= 0.3 is 5.97 Å². The van der Waals surface area contributed by atoms with Gasteiger partial charge in [-0.25, -0.2) is 0 Å². The molecule has 1 heterocycles. The number of ether oxygens (including phenoxy) is 2. The number of carbonyl (C=O) groups excluding carboxylic acids is 1. The second-order valence-corrected chi connectivity index (χ2v) is 3.75. The van der Waals surface area contributed by atoms with Gasteiger partial charge in [-0.3, -0.25) is 4.79 Å². The standard InChI is InChI=1S/C12H20O3/c1-3-5-6-10-7-8-11(15-10)9-12(13)14-4-2/h7-8,10-11H,3-6,9H2,1-2H3/t10-,11+/m1/s1. The molecule has 0 N–H and O–H groups in total. The zero-order valence-electron chi connectivity index (χ0n) is 9.57. The molecule has 0 unspecified atom stereocenters. The molecule has 0 spiro atoms. The molecule has 0 aliphatic carbocycles. The first kappa shape index (κ1) is 12.2. The Balaban J connectivity index is 2.19. The molecular formula is C12H20O3. The summed E-state index contributed by atoms with van der Waals surface area (Å²) in [5.74, 6) is -0.178. The maximum atomic E-state index is 11.2. The lowest BCUT2D eigenvalue weighted by Crippen LogP contribution is -2.17. The average molecular weight is 212 g/mol. The molecule has 0 aromatic rings. The van der Waals surface area contributed by atoms with Crippen molar-refractivity contribution in [2.45, 2.75) is 51.7 Å². The third kappa shape index (κ3) is 4.47. The van der Waals surface area contributed by atoms with Crippen molar-refractivity contribution in [2.24, 2.45) is 0 Å². The van der Waals surface area contributed by atoms with Crippen molar-refractivity contribution >= 4 is 5.97 Å². The van der Waals surface area contributed by atoms with E-state index in [1.54, 1.807) is 0 Å². The third-order valence-electron chi connectivity index (χ3n) is 2.41. The van der Waals surface area contributed by atoms with Gasteiger partial charge in [0.15, 0.2) is 0 Å². The van der Waals surface area contributed by atoms with E-state index in [2.05, 4.69) is 13.0 Å². The number of hydrogen-bond acceptors (Lipinski definition) is 3. The fourth-order valence-corrected chi connectivity index (χ4v) is 1.63. The molecule has 0 amide bonds. The summed E-state index contributed by atoms with van der Waals surface area (Å²) in [6.07, 6.45) is 7.88. The summed E-state index contributed by atoms with van der Waals surface area (Å²) >= 11 is 0. The van der Waals surface area contributed by atoms with Crippen molar-refractivity contribution in [1.82, 2.24) is 0 Å². The fraction of sp³-hybridized carbons (Fsp3) is 0.750. The van der Waals surface area contributed by atoms with E-state index in [9.17, 15) is 4.79 Å². The van der Waals surface area contributed by atoms with Gasteiger partial charge in [-0.1, -0.05) is 31.9 Å². The van der Waals surface area contributed by atoms with Gasteiger partial charge in [-0.2, -0.15) is 0 Å². The SMILES string of the molecule is CCCC[C@@H]1C=C[C@@H](CC(=O)OCC)O1. The number of esters is 1. The highest BCUT2D eigenvalue weighted by Crippen LogP contribution is 2.19. The second-order valence-electron chi connectivity index (χ2n) is 3.75. The molecule has 86 valence electrons. The van der Waals surface area contributed by atoms with Gasteiger partial charge in [0.05, 0.1) is 25.2 Å². The highest BCUT2D eigenvalue weighted by Gasteiger charge is 2.21. The van der Waals surface area contributed by atoms with Crippen LogP contribution in [-0.4, -0.2) is 24.8 Å². The van der Waals surface area contributed by atoms with E-state index in [0.717, 1.165) is 6.42 Å². The molecule has 0 bridgehead atoms. The molecule has 1 rings (SSSR count). The Morgan fingerprint density at radius 2 is 2.07 bits per heavy atom. The minimum Gasteiger partial charge on any atom is -0.466 e. The normalized spacial score (nSPS) is 24.4. The molecular weight excluding hydrogens is 192 g/mol. The summed E-state index contributed by atoms with van der Waals surface area (Å²) in [5, 5.41) is 0. The van der Waals surface area contributed by atoms with Crippen LogP contribution in [0.1, 0.15) is 39.5 Å². The molecule has 3 nitrogen and oxygen atoms in total. The summed E-state index contributed by atoms with van der Waals surface area (Å²) in [7, 11) is 0. The lowest BCUT2D eigenvalue weighted by Gasteiger charge is -2.13. The van der Waals surface area contributed by atoms with Gasteiger partial charge in [-0.15, -0.1) is 0 Å². The first-order valence-electron chi connectivity index (χ1n) is 5.75. The third-order valence-corrected chi connectivity index (χ3v) is 2.41. The predicted molar refractivity (Wildman–Crippen MR) is 58.6 cm³/mol.